The molecule has 3 aromatic rings. The summed E-state index contributed by atoms with van der Waals surface area (Å²) in [5.74, 6) is -0.0553. The summed E-state index contributed by atoms with van der Waals surface area (Å²) in [4.78, 5) is 18.9. The zero-order valence-electron chi connectivity index (χ0n) is 13.7. The van der Waals surface area contributed by atoms with E-state index < -0.39 is 0 Å². The third-order valence-corrected chi connectivity index (χ3v) is 5.06. The van der Waals surface area contributed by atoms with Crippen molar-refractivity contribution in [3.8, 4) is 0 Å². The lowest BCUT2D eigenvalue weighted by Crippen LogP contribution is -2.29. The Bertz CT molecular complexity index is 990. The maximum atomic E-state index is 12.9. The molecule has 130 valence electrons. The van der Waals surface area contributed by atoms with Gasteiger partial charge in [-0.15, -0.1) is 0 Å². The van der Waals surface area contributed by atoms with Gasteiger partial charge in [-0.05, 0) is 42.3 Å². The highest BCUT2D eigenvalue weighted by atomic mass is 35.5. The van der Waals surface area contributed by atoms with Crippen LogP contribution in [0.25, 0.3) is 0 Å². The van der Waals surface area contributed by atoms with E-state index in [9.17, 15) is 4.79 Å². The van der Waals surface area contributed by atoms with Crippen LogP contribution in [0.5, 0.6) is 0 Å². The number of rotatable bonds is 3. The first kappa shape index (κ1) is 16.9. The quantitative estimate of drug-likeness (QED) is 0.664. The van der Waals surface area contributed by atoms with E-state index in [-0.39, 0.29) is 5.91 Å². The minimum atomic E-state index is -0.0553. The molecule has 0 atom stereocenters. The fourth-order valence-corrected chi connectivity index (χ4v) is 3.37. The van der Waals surface area contributed by atoms with Crippen molar-refractivity contribution in [1.29, 1.82) is 0 Å². The lowest BCUT2D eigenvalue weighted by molar-refractivity contribution is 0.0989. The molecular weight excluding hydrogens is 369 g/mol. The average Bonchev–Trinajstić information content (AvgIpc) is 3.08. The average molecular weight is 384 g/mol. The zero-order chi connectivity index (χ0) is 18.1. The molecule has 0 bridgehead atoms. The molecule has 1 amide bonds. The summed E-state index contributed by atoms with van der Waals surface area (Å²) < 4.78 is 0. The standard InChI is InChI=1S/C20H15Cl2N3O/c21-17-6-5-15(10-18(17)22)24-16-9-14(11-23-12-16)20(26)25-8-7-13-3-1-2-4-19(13)25/h1-6,9-12,24H,7-8H2. The second kappa shape index (κ2) is 6.98. The topological polar surface area (TPSA) is 45.2 Å². The number of halogens is 2. The van der Waals surface area contributed by atoms with E-state index >= 15 is 0 Å². The number of benzene rings is 2. The van der Waals surface area contributed by atoms with Gasteiger partial charge in [-0.1, -0.05) is 41.4 Å². The van der Waals surface area contributed by atoms with Gasteiger partial charge in [0, 0.05) is 24.1 Å². The van der Waals surface area contributed by atoms with Crippen LogP contribution in [0.15, 0.2) is 60.9 Å². The van der Waals surface area contributed by atoms with E-state index in [2.05, 4.69) is 16.4 Å². The number of hydrogen-bond acceptors (Lipinski definition) is 3. The molecule has 1 aromatic heterocycles. The smallest absolute Gasteiger partial charge is 0.259 e. The van der Waals surface area contributed by atoms with Crippen LogP contribution in [-0.4, -0.2) is 17.4 Å². The number of fused-ring (bicyclic) bond motifs is 1. The first-order valence-corrected chi connectivity index (χ1v) is 8.94. The van der Waals surface area contributed by atoms with Gasteiger partial charge in [-0.2, -0.15) is 0 Å². The summed E-state index contributed by atoms with van der Waals surface area (Å²) in [6.45, 7) is 0.683. The molecule has 6 heteroatoms. The number of hydrogen-bond donors (Lipinski definition) is 1. The SMILES string of the molecule is O=C(c1cncc(Nc2ccc(Cl)c(Cl)c2)c1)N1CCc2ccccc21. The van der Waals surface area contributed by atoms with E-state index in [1.54, 1.807) is 35.5 Å². The molecule has 0 spiro atoms. The molecule has 0 aliphatic carbocycles. The Balaban J connectivity index is 1.58. The number of pyridine rings is 1. The molecule has 4 rings (SSSR count). The van der Waals surface area contributed by atoms with Gasteiger partial charge in [0.25, 0.3) is 5.91 Å². The van der Waals surface area contributed by atoms with Gasteiger partial charge in [0.2, 0.25) is 0 Å². The van der Waals surface area contributed by atoms with Gasteiger partial charge in [0.05, 0.1) is 27.5 Å². The Kier molecular flexibility index (Phi) is 4.53. The number of nitrogens with zero attached hydrogens (tertiary/aromatic N) is 2. The number of carbonyl (C=O) groups is 1. The highest BCUT2D eigenvalue weighted by molar-refractivity contribution is 6.42. The first-order valence-electron chi connectivity index (χ1n) is 8.19. The molecule has 0 radical (unpaired) electrons. The predicted octanol–water partition coefficient (Wildman–Crippen LogP) is 5.33. The second-order valence-corrected chi connectivity index (χ2v) is 6.87. The summed E-state index contributed by atoms with van der Waals surface area (Å²) in [6, 6.07) is 15.0. The van der Waals surface area contributed by atoms with Gasteiger partial charge < -0.3 is 10.2 Å². The Morgan fingerprint density at radius 3 is 2.69 bits per heavy atom. The first-order chi connectivity index (χ1) is 12.6. The van der Waals surface area contributed by atoms with Crippen molar-refractivity contribution in [3.63, 3.8) is 0 Å². The molecule has 0 saturated carbocycles. The van der Waals surface area contributed by atoms with Crippen LogP contribution in [0.2, 0.25) is 10.0 Å². The predicted molar refractivity (Wildman–Crippen MR) is 106 cm³/mol. The van der Waals surface area contributed by atoms with Gasteiger partial charge in [-0.25, -0.2) is 0 Å². The summed E-state index contributed by atoms with van der Waals surface area (Å²) in [5.41, 5.74) is 4.19. The van der Waals surface area contributed by atoms with E-state index in [0.717, 1.165) is 17.8 Å². The van der Waals surface area contributed by atoms with E-state index in [1.165, 1.54) is 5.56 Å². The summed E-state index contributed by atoms with van der Waals surface area (Å²) in [5, 5.41) is 4.16. The Morgan fingerprint density at radius 2 is 1.85 bits per heavy atom. The molecule has 2 aromatic carbocycles. The maximum absolute atomic E-state index is 12.9. The number of nitrogens with one attached hydrogen (secondary N) is 1. The molecule has 4 nitrogen and oxygen atoms in total. The number of anilines is 3. The van der Waals surface area contributed by atoms with Crippen molar-refractivity contribution in [2.24, 2.45) is 0 Å². The van der Waals surface area contributed by atoms with Crippen LogP contribution in [0.3, 0.4) is 0 Å². The molecular formula is C20H15Cl2N3O. The molecule has 0 fully saturated rings. The van der Waals surface area contributed by atoms with Crippen LogP contribution in [-0.2, 0) is 6.42 Å². The van der Waals surface area contributed by atoms with Crippen LogP contribution >= 0.6 is 23.2 Å². The largest absolute Gasteiger partial charge is 0.354 e. The van der Waals surface area contributed by atoms with Crippen molar-refractivity contribution in [2.45, 2.75) is 6.42 Å². The van der Waals surface area contributed by atoms with Crippen molar-refractivity contribution in [3.05, 3.63) is 82.1 Å². The van der Waals surface area contributed by atoms with E-state index in [0.29, 0.717) is 27.8 Å². The Labute approximate surface area is 161 Å². The molecule has 1 aliphatic heterocycles. The highest BCUT2D eigenvalue weighted by Crippen LogP contribution is 2.30. The zero-order valence-corrected chi connectivity index (χ0v) is 15.3. The normalized spacial score (nSPS) is 12.8. The third kappa shape index (κ3) is 3.26. The number of para-hydroxylation sites is 1. The van der Waals surface area contributed by atoms with Gasteiger partial charge in [0.1, 0.15) is 0 Å². The molecule has 2 heterocycles. The van der Waals surface area contributed by atoms with Crippen molar-refractivity contribution in [1.82, 2.24) is 4.98 Å². The van der Waals surface area contributed by atoms with Crippen molar-refractivity contribution >= 4 is 46.2 Å². The van der Waals surface area contributed by atoms with Gasteiger partial charge >= 0.3 is 0 Å². The summed E-state index contributed by atoms with van der Waals surface area (Å²) in [6.07, 6.45) is 4.12. The molecule has 1 N–H and O–H groups in total. The minimum Gasteiger partial charge on any atom is -0.354 e. The van der Waals surface area contributed by atoms with Crippen LogP contribution in [0, 0.1) is 0 Å². The lowest BCUT2D eigenvalue weighted by atomic mass is 10.2. The van der Waals surface area contributed by atoms with E-state index in [1.807, 2.05) is 24.3 Å². The fourth-order valence-electron chi connectivity index (χ4n) is 3.07. The third-order valence-electron chi connectivity index (χ3n) is 4.33. The molecule has 1 aliphatic rings. The second-order valence-electron chi connectivity index (χ2n) is 6.05. The van der Waals surface area contributed by atoms with Crippen LogP contribution in [0.1, 0.15) is 15.9 Å². The number of carbonyl (C=O) groups excluding carboxylic acids is 1. The van der Waals surface area contributed by atoms with Crippen molar-refractivity contribution < 1.29 is 4.79 Å². The minimum absolute atomic E-state index is 0.0553. The number of amides is 1. The van der Waals surface area contributed by atoms with Crippen LogP contribution in [0.4, 0.5) is 17.1 Å². The highest BCUT2D eigenvalue weighted by Gasteiger charge is 2.25. The summed E-state index contributed by atoms with van der Waals surface area (Å²) in [7, 11) is 0. The fraction of sp³-hybridized carbons (Fsp3) is 0.100. The molecule has 26 heavy (non-hydrogen) atoms. The van der Waals surface area contributed by atoms with Gasteiger partial charge in [0.15, 0.2) is 0 Å². The van der Waals surface area contributed by atoms with Crippen LogP contribution < -0.4 is 10.2 Å². The maximum Gasteiger partial charge on any atom is 0.259 e. The molecule has 0 saturated heterocycles. The lowest BCUT2D eigenvalue weighted by Gasteiger charge is -2.17. The number of aromatic nitrogens is 1. The molecule has 0 unspecified atom stereocenters. The Morgan fingerprint density at radius 1 is 1.00 bits per heavy atom. The van der Waals surface area contributed by atoms with E-state index in [4.69, 9.17) is 23.2 Å². The monoisotopic (exact) mass is 383 g/mol. The van der Waals surface area contributed by atoms with Gasteiger partial charge in [-0.3, -0.25) is 9.78 Å². The Hall–Kier alpha value is -2.56. The summed E-state index contributed by atoms with van der Waals surface area (Å²) >= 11 is 12.0. The van der Waals surface area contributed by atoms with Crippen molar-refractivity contribution in [2.75, 3.05) is 16.8 Å².